The summed E-state index contributed by atoms with van der Waals surface area (Å²) in [7, 11) is -2.12. The van der Waals surface area contributed by atoms with Crippen LogP contribution in [-0.4, -0.2) is 35.9 Å². The largest absolute Gasteiger partial charge is 0.492 e. The number of thiophene rings is 1. The molecule has 0 fully saturated rings. The van der Waals surface area contributed by atoms with Gasteiger partial charge in [0.25, 0.3) is 0 Å². The zero-order valence-corrected chi connectivity index (χ0v) is 16.6. The quantitative estimate of drug-likeness (QED) is 0.612. The molecule has 8 nitrogen and oxygen atoms in total. The average Bonchev–Trinajstić information content (AvgIpc) is 3.26. The van der Waals surface area contributed by atoms with Gasteiger partial charge in [-0.1, -0.05) is 18.2 Å². The van der Waals surface area contributed by atoms with Crippen LogP contribution in [0.2, 0.25) is 0 Å². The molecule has 0 amide bonds. The van der Waals surface area contributed by atoms with Gasteiger partial charge in [-0.3, -0.25) is 4.57 Å². The molecule has 2 aromatic heterocycles. The Bertz CT molecular complexity index is 1070. The van der Waals surface area contributed by atoms with Crippen molar-refractivity contribution in [1.82, 2.24) is 19.1 Å². The molecule has 0 saturated carbocycles. The van der Waals surface area contributed by atoms with Crippen LogP contribution >= 0.6 is 11.3 Å². The lowest BCUT2D eigenvalue weighted by Crippen LogP contribution is -2.32. The minimum atomic E-state index is -3.77. The first-order valence-electron chi connectivity index (χ1n) is 8.33. The number of sulfonamides is 1. The van der Waals surface area contributed by atoms with Gasteiger partial charge in [-0.15, -0.1) is 16.4 Å². The van der Waals surface area contributed by atoms with Gasteiger partial charge in [0, 0.05) is 13.6 Å². The number of aromatic nitrogens is 3. The Balaban J connectivity index is 1.73. The molecule has 0 bridgehead atoms. The highest BCUT2D eigenvalue weighted by atomic mass is 32.2. The Hall–Kier alpha value is -2.43. The SMILES string of the molecule is CCOc1ccccc1S(=O)(=O)NCCn1nc(-c2cccs2)n(C)c1=O. The molecule has 0 spiro atoms. The van der Waals surface area contributed by atoms with E-state index in [1.165, 1.54) is 26.7 Å². The summed E-state index contributed by atoms with van der Waals surface area (Å²) in [6, 6.07) is 10.2. The average molecular weight is 409 g/mol. The number of rotatable bonds is 8. The van der Waals surface area contributed by atoms with Crippen LogP contribution in [0.25, 0.3) is 10.7 Å². The van der Waals surface area contributed by atoms with E-state index in [4.69, 9.17) is 4.74 Å². The van der Waals surface area contributed by atoms with Gasteiger partial charge in [-0.2, -0.15) is 0 Å². The maximum Gasteiger partial charge on any atom is 0.345 e. The number of hydrogen-bond acceptors (Lipinski definition) is 6. The van der Waals surface area contributed by atoms with Gasteiger partial charge in [0.05, 0.1) is 18.0 Å². The Morgan fingerprint density at radius 2 is 2.00 bits per heavy atom. The van der Waals surface area contributed by atoms with Crippen LogP contribution in [0, 0.1) is 0 Å². The van der Waals surface area contributed by atoms with E-state index < -0.39 is 10.0 Å². The summed E-state index contributed by atoms with van der Waals surface area (Å²) in [5, 5.41) is 6.21. The Morgan fingerprint density at radius 1 is 1.22 bits per heavy atom. The molecule has 3 aromatic rings. The minimum Gasteiger partial charge on any atom is -0.492 e. The molecule has 1 N–H and O–H groups in total. The molecule has 2 heterocycles. The number of para-hydroxylation sites is 1. The highest BCUT2D eigenvalue weighted by molar-refractivity contribution is 7.89. The van der Waals surface area contributed by atoms with Crippen molar-refractivity contribution in [2.75, 3.05) is 13.2 Å². The second-order valence-electron chi connectivity index (χ2n) is 5.64. The molecular formula is C17H20N4O4S2. The molecule has 0 radical (unpaired) electrons. The van der Waals surface area contributed by atoms with Gasteiger partial charge in [0.2, 0.25) is 10.0 Å². The van der Waals surface area contributed by atoms with Gasteiger partial charge in [-0.05, 0) is 30.5 Å². The Labute approximate surface area is 161 Å². The second-order valence-corrected chi connectivity index (χ2v) is 8.33. The highest BCUT2D eigenvalue weighted by Gasteiger charge is 2.19. The topological polar surface area (TPSA) is 95.2 Å². The van der Waals surface area contributed by atoms with E-state index >= 15 is 0 Å². The number of hydrogen-bond donors (Lipinski definition) is 1. The van der Waals surface area contributed by atoms with Crippen LogP contribution in [0.5, 0.6) is 5.75 Å². The first-order valence-corrected chi connectivity index (χ1v) is 10.7. The summed E-state index contributed by atoms with van der Waals surface area (Å²) >= 11 is 1.48. The van der Waals surface area contributed by atoms with Crippen LogP contribution in [0.3, 0.4) is 0 Å². The maximum absolute atomic E-state index is 12.6. The fourth-order valence-corrected chi connectivity index (χ4v) is 4.47. The normalized spacial score (nSPS) is 11.6. The molecule has 144 valence electrons. The molecule has 3 rings (SSSR count). The number of nitrogens with zero attached hydrogens (tertiary/aromatic N) is 3. The number of ether oxygens (including phenoxy) is 1. The summed E-state index contributed by atoms with van der Waals surface area (Å²) in [6.45, 7) is 2.30. The van der Waals surface area contributed by atoms with E-state index in [0.717, 1.165) is 4.88 Å². The van der Waals surface area contributed by atoms with E-state index in [-0.39, 0.29) is 23.7 Å². The van der Waals surface area contributed by atoms with Crippen LogP contribution in [0.15, 0.2) is 51.5 Å². The predicted molar refractivity (Wildman–Crippen MR) is 104 cm³/mol. The van der Waals surface area contributed by atoms with Crippen LogP contribution in [0.4, 0.5) is 0 Å². The van der Waals surface area contributed by atoms with Crippen molar-refractivity contribution in [1.29, 1.82) is 0 Å². The van der Waals surface area contributed by atoms with Gasteiger partial charge in [0.15, 0.2) is 5.82 Å². The maximum atomic E-state index is 12.6. The second kappa shape index (κ2) is 8.07. The first-order chi connectivity index (χ1) is 12.9. The molecule has 0 unspecified atom stereocenters. The Kier molecular flexibility index (Phi) is 5.78. The summed E-state index contributed by atoms with van der Waals surface area (Å²) in [4.78, 5) is 13.3. The standard InChI is InChI=1S/C17H20N4O4S2/c1-3-25-13-7-4-5-9-15(13)27(23,24)18-10-11-21-17(22)20(2)16(19-21)14-8-6-12-26-14/h4-9,12,18H,3,10-11H2,1-2H3. The summed E-state index contributed by atoms with van der Waals surface area (Å²) in [5.41, 5.74) is -0.299. The molecule has 0 atom stereocenters. The fourth-order valence-electron chi connectivity index (χ4n) is 2.56. The number of benzene rings is 1. The van der Waals surface area contributed by atoms with Gasteiger partial charge in [0.1, 0.15) is 10.6 Å². The Morgan fingerprint density at radius 3 is 2.70 bits per heavy atom. The van der Waals surface area contributed by atoms with E-state index in [1.807, 2.05) is 17.5 Å². The smallest absolute Gasteiger partial charge is 0.345 e. The van der Waals surface area contributed by atoms with Crippen molar-refractivity contribution in [2.45, 2.75) is 18.4 Å². The lowest BCUT2D eigenvalue weighted by molar-refractivity contribution is 0.331. The van der Waals surface area contributed by atoms with E-state index in [0.29, 0.717) is 18.2 Å². The van der Waals surface area contributed by atoms with Crippen molar-refractivity contribution in [3.8, 4) is 16.5 Å². The molecule has 0 aliphatic rings. The lowest BCUT2D eigenvalue weighted by atomic mass is 10.3. The molecule has 10 heteroatoms. The summed E-state index contributed by atoms with van der Waals surface area (Å²) in [5.74, 6) is 0.849. The van der Waals surface area contributed by atoms with Gasteiger partial charge < -0.3 is 4.74 Å². The lowest BCUT2D eigenvalue weighted by Gasteiger charge is -2.11. The van der Waals surface area contributed by atoms with Crippen molar-refractivity contribution in [3.63, 3.8) is 0 Å². The van der Waals surface area contributed by atoms with Crippen molar-refractivity contribution in [2.24, 2.45) is 7.05 Å². The molecule has 27 heavy (non-hydrogen) atoms. The van der Waals surface area contributed by atoms with E-state index in [1.54, 1.807) is 32.2 Å². The molecule has 0 aliphatic carbocycles. The zero-order chi connectivity index (χ0) is 19.4. The van der Waals surface area contributed by atoms with Gasteiger partial charge >= 0.3 is 5.69 Å². The van der Waals surface area contributed by atoms with E-state index in [2.05, 4.69) is 9.82 Å². The van der Waals surface area contributed by atoms with Crippen molar-refractivity contribution in [3.05, 3.63) is 52.3 Å². The molecule has 0 saturated heterocycles. The third-order valence-electron chi connectivity index (χ3n) is 3.84. The number of nitrogens with one attached hydrogen (secondary N) is 1. The molecule has 1 aromatic carbocycles. The van der Waals surface area contributed by atoms with Crippen molar-refractivity contribution >= 4 is 21.4 Å². The fraction of sp³-hybridized carbons (Fsp3) is 0.294. The van der Waals surface area contributed by atoms with Gasteiger partial charge in [-0.25, -0.2) is 22.6 Å². The monoisotopic (exact) mass is 408 g/mol. The minimum absolute atomic E-state index is 0.0313. The third-order valence-corrected chi connectivity index (χ3v) is 6.20. The summed E-state index contributed by atoms with van der Waals surface area (Å²) in [6.07, 6.45) is 0. The van der Waals surface area contributed by atoms with Crippen molar-refractivity contribution < 1.29 is 13.2 Å². The molecule has 0 aliphatic heterocycles. The van der Waals surface area contributed by atoms with Crippen LogP contribution in [0.1, 0.15) is 6.92 Å². The highest BCUT2D eigenvalue weighted by Crippen LogP contribution is 2.23. The van der Waals surface area contributed by atoms with Crippen LogP contribution < -0.4 is 15.1 Å². The first kappa shape index (κ1) is 19.3. The third kappa shape index (κ3) is 4.12. The zero-order valence-electron chi connectivity index (χ0n) is 15.0. The molecular weight excluding hydrogens is 388 g/mol. The van der Waals surface area contributed by atoms with Crippen LogP contribution in [-0.2, 0) is 23.6 Å². The predicted octanol–water partition coefficient (Wildman–Crippen LogP) is 1.69. The van der Waals surface area contributed by atoms with E-state index in [9.17, 15) is 13.2 Å². The summed E-state index contributed by atoms with van der Waals surface area (Å²) < 4.78 is 35.7.